The molecule has 1 heterocycles. The van der Waals surface area contributed by atoms with Gasteiger partial charge in [0.1, 0.15) is 5.82 Å². The summed E-state index contributed by atoms with van der Waals surface area (Å²) in [6.07, 6.45) is -3.49. The largest absolute Gasteiger partial charge is 0.416 e. The lowest BCUT2D eigenvalue weighted by Gasteiger charge is -2.19. The summed E-state index contributed by atoms with van der Waals surface area (Å²) in [5, 5.41) is 9.94. The van der Waals surface area contributed by atoms with Crippen LogP contribution in [0.2, 0.25) is 0 Å². The maximum absolute atomic E-state index is 13.0. The second-order valence-electron chi connectivity index (χ2n) is 4.96. The topological polar surface area (TPSA) is 29.5 Å². The van der Waals surface area contributed by atoms with Gasteiger partial charge in [-0.2, -0.15) is 13.2 Å². The van der Waals surface area contributed by atoms with Crippen molar-refractivity contribution in [2.45, 2.75) is 44.1 Å². The van der Waals surface area contributed by atoms with Crippen molar-refractivity contribution < 1.29 is 27.4 Å². The Bertz CT molecular complexity index is 453. The van der Waals surface area contributed by atoms with Gasteiger partial charge in [0, 0.05) is 6.61 Å². The standard InChI is InChI=1S/C14H16F4O2/c15-9-3-5-11(12(8-9)14(16,17)18)13(19)6-4-10-2-1-7-20-10/h3,5,8,10,13,19H,1-2,4,6-7H2. The number of halogens is 4. The SMILES string of the molecule is OC(CCC1CCCO1)c1ccc(F)cc1C(F)(F)F. The number of alkyl halides is 3. The molecule has 20 heavy (non-hydrogen) atoms. The van der Waals surface area contributed by atoms with Gasteiger partial charge in [-0.05, 0) is 43.4 Å². The minimum absolute atomic E-state index is 0.000523. The summed E-state index contributed by atoms with van der Waals surface area (Å²) in [4.78, 5) is 0. The molecule has 0 amide bonds. The number of aliphatic hydroxyl groups excluding tert-OH is 1. The molecule has 1 saturated heterocycles. The van der Waals surface area contributed by atoms with Crippen LogP contribution < -0.4 is 0 Å². The molecule has 0 aromatic heterocycles. The zero-order valence-corrected chi connectivity index (χ0v) is 10.8. The maximum atomic E-state index is 13.0. The van der Waals surface area contributed by atoms with Crippen molar-refractivity contribution >= 4 is 0 Å². The summed E-state index contributed by atoms with van der Waals surface area (Å²) in [5.41, 5.74) is -1.39. The highest BCUT2D eigenvalue weighted by atomic mass is 19.4. The molecule has 0 aliphatic carbocycles. The Hall–Kier alpha value is -1.14. The van der Waals surface area contributed by atoms with Gasteiger partial charge in [-0.25, -0.2) is 4.39 Å². The highest BCUT2D eigenvalue weighted by Crippen LogP contribution is 2.36. The molecule has 2 unspecified atom stereocenters. The van der Waals surface area contributed by atoms with E-state index >= 15 is 0 Å². The quantitative estimate of drug-likeness (QED) is 0.854. The van der Waals surface area contributed by atoms with Crippen LogP contribution in [0.5, 0.6) is 0 Å². The second kappa shape index (κ2) is 6.10. The number of ether oxygens (including phenoxy) is 1. The summed E-state index contributed by atoms with van der Waals surface area (Å²) in [5.74, 6) is -0.965. The van der Waals surface area contributed by atoms with Gasteiger partial charge in [-0.15, -0.1) is 0 Å². The van der Waals surface area contributed by atoms with Gasteiger partial charge in [-0.1, -0.05) is 6.07 Å². The molecule has 1 aromatic rings. The van der Waals surface area contributed by atoms with Crippen LogP contribution in [0.15, 0.2) is 18.2 Å². The summed E-state index contributed by atoms with van der Waals surface area (Å²) >= 11 is 0. The molecule has 1 aliphatic rings. The van der Waals surface area contributed by atoms with E-state index in [2.05, 4.69) is 0 Å². The van der Waals surface area contributed by atoms with Crippen molar-refractivity contribution in [1.82, 2.24) is 0 Å². The molecule has 1 fully saturated rings. The molecule has 1 N–H and O–H groups in total. The molecule has 0 saturated carbocycles. The van der Waals surface area contributed by atoms with Crippen molar-refractivity contribution in [1.29, 1.82) is 0 Å². The molecule has 2 atom stereocenters. The lowest BCUT2D eigenvalue weighted by atomic mass is 9.97. The molecule has 6 heteroatoms. The van der Waals surface area contributed by atoms with Crippen LogP contribution in [0.1, 0.15) is 42.9 Å². The van der Waals surface area contributed by atoms with E-state index in [0.29, 0.717) is 19.1 Å². The third-order valence-electron chi connectivity index (χ3n) is 3.47. The van der Waals surface area contributed by atoms with Crippen LogP contribution in [0.4, 0.5) is 17.6 Å². The van der Waals surface area contributed by atoms with Gasteiger partial charge in [0.2, 0.25) is 0 Å². The zero-order chi connectivity index (χ0) is 14.8. The normalized spacial score (nSPS) is 21.1. The molecule has 0 spiro atoms. The van der Waals surface area contributed by atoms with Crippen LogP contribution in [0.25, 0.3) is 0 Å². The smallest absolute Gasteiger partial charge is 0.388 e. The molecule has 0 radical (unpaired) electrons. The minimum Gasteiger partial charge on any atom is -0.388 e. The van der Waals surface area contributed by atoms with Crippen molar-refractivity contribution in [3.05, 3.63) is 35.1 Å². The first-order chi connectivity index (χ1) is 9.38. The number of rotatable bonds is 4. The van der Waals surface area contributed by atoms with Crippen molar-refractivity contribution in [2.24, 2.45) is 0 Å². The van der Waals surface area contributed by atoms with Gasteiger partial charge in [0.05, 0.1) is 17.8 Å². The Balaban J connectivity index is 2.10. The molecule has 112 valence electrons. The Morgan fingerprint density at radius 3 is 2.70 bits per heavy atom. The van der Waals surface area contributed by atoms with E-state index < -0.39 is 23.7 Å². The molecule has 1 aliphatic heterocycles. The third kappa shape index (κ3) is 3.70. The summed E-state index contributed by atoms with van der Waals surface area (Å²) in [7, 11) is 0. The van der Waals surface area contributed by atoms with E-state index in [4.69, 9.17) is 4.74 Å². The van der Waals surface area contributed by atoms with E-state index in [-0.39, 0.29) is 18.1 Å². The summed E-state index contributed by atoms with van der Waals surface area (Å²) in [6, 6.07) is 2.35. The highest BCUT2D eigenvalue weighted by Gasteiger charge is 2.35. The average Bonchev–Trinajstić information content (AvgIpc) is 2.88. The van der Waals surface area contributed by atoms with Crippen LogP contribution >= 0.6 is 0 Å². The maximum Gasteiger partial charge on any atom is 0.416 e. The van der Waals surface area contributed by atoms with Gasteiger partial charge in [-0.3, -0.25) is 0 Å². The van der Waals surface area contributed by atoms with Crippen LogP contribution in [-0.2, 0) is 10.9 Å². The number of aliphatic hydroxyl groups is 1. The number of benzene rings is 1. The van der Waals surface area contributed by atoms with E-state index in [1.54, 1.807) is 0 Å². The predicted molar refractivity (Wildman–Crippen MR) is 64.6 cm³/mol. The van der Waals surface area contributed by atoms with Gasteiger partial charge in [0.15, 0.2) is 0 Å². The third-order valence-corrected chi connectivity index (χ3v) is 3.47. The van der Waals surface area contributed by atoms with Crippen molar-refractivity contribution in [3.63, 3.8) is 0 Å². The predicted octanol–water partition coefficient (Wildman–Crippen LogP) is 3.84. The molecular weight excluding hydrogens is 276 g/mol. The fourth-order valence-corrected chi connectivity index (χ4v) is 2.44. The van der Waals surface area contributed by atoms with Crippen molar-refractivity contribution in [3.8, 4) is 0 Å². The first kappa shape index (κ1) is 15.3. The minimum atomic E-state index is -4.68. The Labute approximate surface area is 114 Å². The van der Waals surface area contributed by atoms with Crippen LogP contribution in [0.3, 0.4) is 0 Å². The Morgan fingerprint density at radius 2 is 2.10 bits per heavy atom. The monoisotopic (exact) mass is 292 g/mol. The van der Waals surface area contributed by atoms with Gasteiger partial charge >= 0.3 is 6.18 Å². The van der Waals surface area contributed by atoms with Gasteiger partial charge in [0.25, 0.3) is 0 Å². The first-order valence-electron chi connectivity index (χ1n) is 6.54. The second-order valence-corrected chi connectivity index (χ2v) is 4.96. The lowest BCUT2D eigenvalue weighted by molar-refractivity contribution is -0.139. The molecule has 2 nitrogen and oxygen atoms in total. The van der Waals surface area contributed by atoms with Crippen molar-refractivity contribution in [2.75, 3.05) is 6.61 Å². The zero-order valence-electron chi connectivity index (χ0n) is 10.8. The van der Waals surface area contributed by atoms with E-state index in [0.717, 1.165) is 25.0 Å². The number of hydrogen-bond donors (Lipinski definition) is 1. The van der Waals surface area contributed by atoms with Gasteiger partial charge < -0.3 is 9.84 Å². The van der Waals surface area contributed by atoms with Crippen LogP contribution in [0, 0.1) is 5.82 Å². The molecular formula is C14H16F4O2. The number of hydrogen-bond acceptors (Lipinski definition) is 2. The van der Waals surface area contributed by atoms with Crippen LogP contribution in [-0.4, -0.2) is 17.8 Å². The Kier molecular flexibility index (Phi) is 4.65. The van der Waals surface area contributed by atoms with E-state index in [9.17, 15) is 22.7 Å². The molecule has 2 rings (SSSR count). The summed E-state index contributed by atoms with van der Waals surface area (Å²) < 4.78 is 56.8. The van der Waals surface area contributed by atoms with E-state index in [1.807, 2.05) is 0 Å². The highest BCUT2D eigenvalue weighted by molar-refractivity contribution is 5.32. The molecule has 1 aromatic carbocycles. The molecule has 0 bridgehead atoms. The summed E-state index contributed by atoms with van der Waals surface area (Å²) in [6.45, 7) is 0.658. The lowest BCUT2D eigenvalue weighted by Crippen LogP contribution is -2.14. The Morgan fingerprint density at radius 1 is 1.35 bits per heavy atom. The first-order valence-corrected chi connectivity index (χ1v) is 6.54. The van der Waals surface area contributed by atoms with E-state index in [1.165, 1.54) is 0 Å². The fourth-order valence-electron chi connectivity index (χ4n) is 2.44. The fraction of sp³-hybridized carbons (Fsp3) is 0.571. The average molecular weight is 292 g/mol.